The summed E-state index contributed by atoms with van der Waals surface area (Å²) < 4.78 is 15.7. The van der Waals surface area contributed by atoms with E-state index in [0.717, 1.165) is 18.4 Å². The van der Waals surface area contributed by atoms with Crippen molar-refractivity contribution in [2.75, 3.05) is 13.7 Å². The lowest BCUT2D eigenvalue weighted by atomic mass is 10.1. The Kier molecular flexibility index (Phi) is 8.20. The fraction of sp³-hybridized carbons (Fsp3) is 0.348. The molecule has 30 heavy (non-hydrogen) atoms. The molecule has 0 saturated heterocycles. The van der Waals surface area contributed by atoms with E-state index in [1.807, 2.05) is 30.3 Å². The Morgan fingerprint density at radius 3 is 2.67 bits per heavy atom. The lowest BCUT2D eigenvalue weighted by molar-refractivity contribution is 0.0952. The lowest BCUT2D eigenvalue weighted by Crippen LogP contribution is -2.24. The predicted octanol–water partition coefficient (Wildman–Crippen LogP) is 5.24. The molecule has 1 heterocycles. The van der Waals surface area contributed by atoms with E-state index in [4.69, 9.17) is 9.47 Å². The van der Waals surface area contributed by atoms with E-state index in [0.29, 0.717) is 41.0 Å². The fourth-order valence-electron chi connectivity index (χ4n) is 2.97. The number of carbonyl (C=O) groups excluding carboxylic acids is 1. The second-order valence-corrected chi connectivity index (χ2v) is 7.64. The predicted molar refractivity (Wildman–Crippen MR) is 119 cm³/mol. The van der Waals surface area contributed by atoms with Crippen LogP contribution < -0.4 is 14.8 Å². The smallest absolute Gasteiger partial charge is 0.298 e. The van der Waals surface area contributed by atoms with E-state index in [1.165, 1.54) is 24.4 Å². The van der Waals surface area contributed by atoms with Crippen LogP contribution in [0.5, 0.6) is 16.7 Å². The van der Waals surface area contributed by atoms with Gasteiger partial charge in [0.15, 0.2) is 17.3 Å². The number of hydrogen-bond donors (Lipinski definition) is 1. The average Bonchev–Trinajstić information content (AvgIpc) is 3.21. The number of nitrogens with one attached hydrogen (secondary N) is 1. The van der Waals surface area contributed by atoms with Crippen molar-refractivity contribution >= 4 is 17.4 Å². The van der Waals surface area contributed by atoms with Gasteiger partial charge in [0.25, 0.3) is 11.1 Å². The van der Waals surface area contributed by atoms with Gasteiger partial charge >= 0.3 is 0 Å². The molecular weight excluding hydrogens is 398 g/mol. The van der Waals surface area contributed by atoms with Gasteiger partial charge in [0.2, 0.25) is 0 Å². The maximum Gasteiger partial charge on any atom is 0.298 e. The van der Waals surface area contributed by atoms with Crippen LogP contribution in [0.3, 0.4) is 0 Å². The van der Waals surface area contributed by atoms with Crippen molar-refractivity contribution in [1.82, 2.24) is 14.7 Å². The first-order valence-corrected chi connectivity index (χ1v) is 11.0. The summed E-state index contributed by atoms with van der Waals surface area (Å²) in [5.74, 6) is 1.57. The van der Waals surface area contributed by atoms with Crippen molar-refractivity contribution in [3.63, 3.8) is 0 Å². The third-order valence-corrected chi connectivity index (χ3v) is 5.23. The van der Waals surface area contributed by atoms with Gasteiger partial charge in [-0.1, -0.05) is 56.5 Å². The summed E-state index contributed by atoms with van der Waals surface area (Å²) in [4.78, 5) is 16.8. The zero-order chi connectivity index (χ0) is 21.2. The van der Waals surface area contributed by atoms with Gasteiger partial charge in [0.05, 0.1) is 7.11 Å². The Balaban J connectivity index is 1.60. The minimum absolute atomic E-state index is 0.114. The van der Waals surface area contributed by atoms with Crippen molar-refractivity contribution in [3.05, 3.63) is 65.5 Å². The highest BCUT2D eigenvalue weighted by atomic mass is 32.1. The highest BCUT2D eigenvalue weighted by Crippen LogP contribution is 2.33. The highest BCUT2D eigenvalue weighted by molar-refractivity contribution is 7.07. The molecule has 1 amide bonds. The van der Waals surface area contributed by atoms with Crippen LogP contribution in [-0.4, -0.2) is 28.9 Å². The summed E-state index contributed by atoms with van der Waals surface area (Å²) in [6, 6.07) is 15.2. The Morgan fingerprint density at radius 2 is 1.90 bits per heavy atom. The van der Waals surface area contributed by atoms with E-state index in [-0.39, 0.29) is 5.91 Å². The van der Waals surface area contributed by atoms with Crippen molar-refractivity contribution in [2.45, 2.75) is 39.0 Å². The molecule has 6 nitrogen and oxygen atoms in total. The number of hydrogen-bond acceptors (Lipinski definition) is 6. The molecule has 0 radical (unpaired) electrons. The maximum atomic E-state index is 12.4. The van der Waals surface area contributed by atoms with E-state index >= 15 is 0 Å². The third kappa shape index (κ3) is 6.29. The van der Waals surface area contributed by atoms with E-state index in [1.54, 1.807) is 25.3 Å². The van der Waals surface area contributed by atoms with Crippen LogP contribution in [0, 0.1) is 0 Å². The minimum atomic E-state index is -0.114. The monoisotopic (exact) mass is 425 g/mol. The Bertz CT molecular complexity index is 944. The number of ether oxygens (including phenoxy) is 2. The van der Waals surface area contributed by atoms with Crippen molar-refractivity contribution in [1.29, 1.82) is 0 Å². The largest absolute Gasteiger partial charge is 0.493 e. The van der Waals surface area contributed by atoms with Crippen LogP contribution in [0.15, 0.2) is 48.5 Å². The molecule has 158 valence electrons. The van der Waals surface area contributed by atoms with Crippen LogP contribution >= 0.6 is 11.5 Å². The molecule has 0 aliphatic rings. The summed E-state index contributed by atoms with van der Waals surface area (Å²) in [6.07, 6.45) is 5.12. The van der Waals surface area contributed by atoms with Crippen molar-refractivity contribution in [2.24, 2.45) is 0 Å². The van der Waals surface area contributed by atoms with E-state index in [2.05, 4.69) is 21.6 Å². The molecule has 3 aromatic rings. The second kappa shape index (κ2) is 11.3. The summed E-state index contributed by atoms with van der Waals surface area (Å²) in [5, 5.41) is 3.39. The number of aromatic nitrogens is 2. The first-order valence-electron chi connectivity index (χ1n) is 10.2. The topological polar surface area (TPSA) is 73.3 Å². The van der Waals surface area contributed by atoms with Gasteiger partial charge < -0.3 is 14.8 Å². The van der Waals surface area contributed by atoms with E-state index < -0.39 is 0 Å². The number of amides is 1. The normalized spacial score (nSPS) is 10.6. The zero-order valence-corrected chi connectivity index (χ0v) is 18.2. The minimum Gasteiger partial charge on any atom is -0.493 e. The fourth-order valence-corrected chi connectivity index (χ4v) is 3.53. The number of rotatable bonds is 11. The maximum absolute atomic E-state index is 12.4. The first-order chi connectivity index (χ1) is 14.7. The Hall–Kier alpha value is -2.93. The van der Waals surface area contributed by atoms with Gasteiger partial charge in [0, 0.05) is 30.1 Å². The van der Waals surface area contributed by atoms with Gasteiger partial charge in [-0.15, -0.1) is 0 Å². The summed E-state index contributed by atoms with van der Waals surface area (Å²) >= 11 is 1.19. The quantitative estimate of drug-likeness (QED) is 0.425. The molecule has 0 bridgehead atoms. The first kappa shape index (κ1) is 21.8. The molecule has 1 aromatic heterocycles. The summed E-state index contributed by atoms with van der Waals surface area (Å²) in [6.45, 7) is 2.84. The molecular formula is C23H27N3O3S. The van der Waals surface area contributed by atoms with Crippen LogP contribution in [0.4, 0.5) is 0 Å². The van der Waals surface area contributed by atoms with Crippen LogP contribution in [0.2, 0.25) is 0 Å². The molecule has 2 aromatic carbocycles. The van der Waals surface area contributed by atoms with Crippen LogP contribution in [-0.2, 0) is 6.42 Å². The third-order valence-electron chi connectivity index (χ3n) is 4.59. The Morgan fingerprint density at radius 1 is 1.07 bits per heavy atom. The summed E-state index contributed by atoms with van der Waals surface area (Å²) in [7, 11) is 1.55. The molecule has 0 spiro atoms. The SMILES string of the molecule is CCCCCCNC(=O)c1ccc(Oc2nc(Cc3ccccc3)ns2)c(OC)c1. The number of unbranched alkanes of at least 4 members (excludes halogenated alkanes) is 3. The molecule has 0 saturated carbocycles. The highest BCUT2D eigenvalue weighted by Gasteiger charge is 2.14. The van der Waals surface area contributed by atoms with Crippen molar-refractivity contribution < 1.29 is 14.3 Å². The van der Waals surface area contributed by atoms with Gasteiger partial charge in [-0.2, -0.15) is 9.36 Å². The van der Waals surface area contributed by atoms with Crippen LogP contribution in [0.1, 0.15) is 54.4 Å². The second-order valence-electron chi connectivity index (χ2n) is 6.92. The average molecular weight is 426 g/mol. The van der Waals surface area contributed by atoms with E-state index in [9.17, 15) is 4.79 Å². The molecule has 0 fully saturated rings. The van der Waals surface area contributed by atoms with Crippen molar-refractivity contribution in [3.8, 4) is 16.7 Å². The van der Waals surface area contributed by atoms with Gasteiger partial charge in [0.1, 0.15) is 0 Å². The molecule has 7 heteroatoms. The van der Waals surface area contributed by atoms with Gasteiger partial charge in [-0.3, -0.25) is 4.79 Å². The number of benzene rings is 2. The molecule has 0 aliphatic heterocycles. The number of nitrogens with zero attached hydrogens (tertiary/aromatic N) is 2. The molecule has 1 N–H and O–H groups in total. The molecule has 0 aliphatic carbocycles. The molecule has 3 rings (SSSR count). The van der Waals surface area contributed by atoms with Gasteiger partial charge in [-0.05, 0) is 30.2 Å². The number of methoxy groups -OCH3 is 1. The van der Waals surface area contributed by atoms with Gasteiger partial charge in [-0.25, -0.2) is 0 Å². The Labute approximate surface area is 181 Å². The molecule has 0 unspecified atom stereocenters. The summed E-state index contributed by atoms with van der Waals surface area (Å²) in [5.41, 5.74) is 1.68. The molecule has 0 atom stereocenters. The number of carbonyl (C=O) groups is 1. The zero-order valence-electron chi connectivity index (χ0n) is 17.4. The van der Waals surface area contributed by atoms with Crippen LogP contribution in [0.25, 0.3) is 0 Å². The lowest BCUT2D eigenvalue weighted by Gasteiger charge is -2.10. The standard InChI is InChI=1S/C23H27N3O3S/c1-3-4-5-9-14-24-22(27)18-12-13-19(20(16-18)28-2)29-23-25-21(26-30-23)15-17-10-7-6-8-11-17/h6-8,10-13,16H,3-5,9,14-15H2,1-2H3,(H,24,27).